The molecule has 0 radical (unpaired) electrons. The van der Waals surface area contributed by atoms with Gasteiger partial charge in [0.05, 0.1) is 6.10 Å². The van der Waals surface area contributed by atoms with Gasteiger partial charge in [-0.05, 0) is 49.7 Å². The molecule has 0 aromatic heterocycles. The van der Waals surface area contributed by atoms with E-state index in [9.17, 15) is 5.11 Å². The van der Waals surface area contributed by atoms with Gasteiger partial charge in [-0.3, -0.25) is 0 Å². The summed E-state index contributed by atoms with van der Waals surface area (Å²) >= 11 is 0. The average Bonchev–Trinajstić information content (AvgIpc) is 2.74. The zero-order valence-electron chi connectivity index (χ0n) is 16.3. The first-order valence-electron chi connectivity index (χ1n) is 10.6. The number of rotatable bonds is 7. The van der Waals surface area contributed by atoms with E-state index in [-0.39, 0.29) is 12.0 Å². The Kier molecular flexibility index (Phi) is 8.00. The summed E-state index contributed by atoms with van der Waals surface area (Å²) in [6.07, 6.45) is 9.69. The lowest BCUT2D eigenvalue weighted by Crippen LogP contribution is -2.21. The zero-order valence-corrected chi connectivity index (χ0v) is 16.3. The van der Waals surface area contributed by atoms with Crippen molar-refractivity contribution in [1.29, 1.82) is 0 Å². The van der Waals surface area contributed by atoms with E-state index in [1.54, 1.807) is 0 Å². The molecule has 3 rings (SSSR count). The molecule has 1 aliphatic carbocycles. The van der Waals surface area contributed by atoms with Gasteiger partial charge in [0, 0.05) is 11.8 Å². The van der Waals surface area contributed by atoms with Crippen molar-refractivity contribution in [3.8, 4) is 11.8 Å². The van der Waals surface area contributed by atoms with Crippen LogP contribution in [0.1, 0.15) is 56.1 Å². The maximum absolute atomic E-state index is 10.9. The fourth-order valence-electron chi connectivity index (χ4n) is 3.96. The summed E-state index contributed by atoms with van der Waals surface area (Å²) in [7, 11) is 0. The lowest BCUT2D eigenvalue weighted by atomic mass is 9.87. The molecule has 2 unspecified atom stereocenters. The van der Waals surface area contributed by atoms with Crippen LogP contribution in [0.2, 0.25) is 0 Å². The maximum atomic E-state index is 10.9. The Morgan fingerprint density at radius 3 is 1.93 bits per heavy atom. The number of aliphatic hydroxyl groups excluding tert-OH is 1. The molecule has 0 bridgehead atoms. The minimum atomic E-state index is -0.356. The summed E-state index contributed by atoms with van der Waals surface area (Å²) in [5.41, 5.74) is 2.62. The monoisotopic (exact) mass is 360 g/mol. The van der Waals surface area contributed by atoms with E-state index in [1.807, 2.05) is 6.07 Å². The van der Waals surface area contributed by atoms with Crippen LogP contribution in [-0.2, 0) is 12.8 Å². The normalized spacial score (nSPS) is 16.9. The molecule has 0 amide bonds. The predicted molar refractivity (Wildman–Crippen MR) is 113 cm³/mol. The van der Waals surface area contributed by atoms with Crippen LogP contribution in [0.5, 0.6) is 0 Å². The molecule has 2 atom stereocenters. The first kappa shape index (κ1) is 19.7. The first-order chi connectivity index (χ1) is 13.3. The van der Waals surface area contributed by atoms with Crippen molar-refractivity contribution < 1.29 is 5.11 Å². The van der Waals surface area contributed by atoms with E-state index in [4.69, 9.17) is 0 Å². The first-order valence-corrected chi connectivity index (χ1v) is 10.6. The predicted octanol–water partition coefficient (Wildman–Crippen LogP) is 5.81. The third-order valence-electron chi connectivity index (χ3n) is 5.70. The van der Waals surface area contributed by atoms with Crippen molar-refractivity contribution >= 4 is 0 Å². The third kappa shape index (κ3) is 6.89. The molecular formula is C26H32O. The molecule has 2 aromatic carbocycles. The fourth-order valence-corrected chi connectivity index (χ4v) is 3.96. The van der Waals surface area contributed by atoms with Crippen LogP contribution in [-0.4, -0.2) is 11.2 Å². The summed E-state index contributed by atoms with van der Waals surface area (Å²) in [5, 5.41) is 10.9. The lowest BCUT2D eigenvalue weighted by molar-refractivity contribution is 0.121. The van der Waals surface area contributed by atoms with Gasteiger partial charge in [0.2, 0.25) is 0 Å². The number of hydrogen-bond acceptors (Lipinski definition) is 1. The number of aryl methyl sites for hydroxylation is 2. The molecule has 1 fully saturated rings. The summed E-state index contributed by atoms with van der Waals surface area (Å²) in [5.74, 6) is 7.63. The molecule has 0 spiro atoms. The Labute approximate surface area is 164 Å². The van der Waals surface area contributed by atoms with Crippen LogP contribution in [0.15, 0.2) is 60.7 Å². The molecule has 27 heavy (non-hydrogen) atoms. The minimum absolute atomic E-state index is 0.0656. The van der Waals surface area contributed by atoms with Crippen LogP contribution in [0.25, 0.3) is 0 Å². The van der Waals surface area contributed by atoms with E-state index in [1.165, 1.54) is 43.2 Å². The Bertz CT molecular complexity index is 704. The van der Waals surface area contributed by atoms with Gasteiger partial charge < -0.3 is 5.11 Å². The van der Waals surface area contributed by atoms with Crippen molar-refractivity contribution in [2.24, 2.45) is 11.8 Å². The number of aliphatic hydroxyl groups is 1. The Morgan fingerprint density at radius 1 is 0.778 bits per heavy atom. The highest BCUT2D eigenvalue weighted by atomic mass is 16.3. The Hall–Kier alpha value is -2.04. The smallest absolute Gasteiger partial charge is 0.0680 e. The van der Waals surface area contributed by atoms with Gasteiger partial charge in [0.15, 0.2) is 0 Å². The molecule has 0 aliphatic heterocycles. The molecule has 142 valence electrons. The molecule has 2 aromatic rings. The molecule has 1 saturated carbocycles. The van der Waals surface area contributed by atoms with E-state index in [0.717, 1.165) is 25.7 Å². The van der Waals surface area contributed by atoms with E-state index in [0.29, 0.717) is 5.92 Å². The molecular weight excluding hydrogens is 328 g/mol. The highest BCUT2D eigenvalue weighted by Crippen LogP contribution is 2.24. The van der Waals surface area contributed by atoms with Gasteiger partial charge in [-0.25, -0.2) is 0 Å². The molecule has 0 heterocycles. The van der Waals surface area contributed by atoms with Crippen LogP contribution < -0.4 is 0 Å². The summed E-state index contributed by atoms with van der Waals surface area (Å²) in [6.45, 7) is 0. The number of benzene rings is 2. The van der Waals surface area contributed by atoms with Gasteiger partial charge in [-0.1, -0.05) is 91.8 Å². The Balaban J connectivity index is 1.61. The van der Waals surface area contributed by atoms with Crippen LogP contribution >= 0.6 is 0 Å². The van der Waals surface area contributed by atoms with Crippen molar-refractivity contribution in [2.75, 3.05) is 0 Å². The van der Waals surface area contributed by atoms with Gasteiger partial charge in [-0.15, -0.1) is 0 Å². The van der Waals surface area contributed by atoms with Gasteiger partial charge >= 0.3 is 0 Å². The van der Waals surface area contributed by atoms with E-state index >= 15 is 0 Å². The molecule has 1 nitrogen and oxygen atoms in total. The van der Waals surface area contributed by atoms with E-state index in [2.05, 4.69) is 66.4 Å². The summed E-state index contributed by atoms with van der Waals surface area (Å²) in [6, 6.07) is 21.0. The van der Waals surface area contributed by atoms with Crippen LogP contribution in [0, 0.1) is 23.7 Å². The fraction of sp³-hybridized carbons (Fsp3) is 0.462. The standard InChI is InChI=1S/C26H32O/c27-26(21-18-24-14-8-3-9-15-24)25(19-16-22-10-4-1-5-11-22)20-17-23-12-6-2-7-13-23/h1,3-5,8-11,14-15,23,25-27H,2,6-7,12-13,16,18-19,21H2. The van der Waals surface area contributed by atoms with Crippen molar-refractivity contribution in [1.82, 2.24) is 0 Å². The average molecular weight is 361 g/mol. The third-order valence-corrected chi connectivity index (χ3v) is 5.70. The van der Waals surface area contributed by atoms with Gasteiger partial charge in [0.25, 0.3) is 0 Å². The topological polar surface area (TPSA) is 20.2 Å². The van der Waals surface area contributed by atoms with Crippen molar-refractivity contribution in [2.45, 2.75) is 63.9 Å². The summed E-state index contributed by atoms with van der Waals surface area (Å²) in [4.78, 5) is 0. The molecule has 1 heteroatoms. The summed E-state index contributed by atoms with van der Waals surface area (Å²) < 4.78 is 0. The van der Waals surface area contributed by atoms with Crippen molar-refractivity contribution in [3.05, 3.63) is 71.8 Å². The number of hydrogen-bond donors (Lipinski definition) is 1. The second kappa shape index (κ2) is 11.0. The van der Waals surface area contributed by atoms with E-state index < -0.39 is 0 Å². The Morgan fingerprint density at radius 2 is 1.33 bits per heavy atom. The van der Waals surface area contributed by atoms with Crippen LogP contribution in [0.4, 0.5) is 0 Å². The lowest BCUT2D eigenvalue weighted by Gasteiger charge is -2.20. The largest absolute Gasteiger partial charge is 0.392 e. The second-order valence-electron chi connectivity index (χ2n) is 7.85. The highest BCUT2D eigenvalue weighted by molar-refractivity contribution is 5.17. The quantitative estimate of drug-likeness (QED) is 0.618. The van der Waals surface area contributed by atoms with Gasteiger partial charge in [0.1, 0.15) is 0 Å². The minimum Gasteiger partial charge on any atom is -0.392 e. The second-order valence-corrected chi connectivity index (χ2v) is 7.85. The molecule has 1 aliphatic rings. The van der Waals surface area contributed by atoms with Crippen LogP contribution in [0.3, 0.4) is 0 Å². The van der Waals surface area contributed by atoms with Gasteiger partial charge in [-0.2, -0.15) is 0 Å². The SMILES string of the molecule is OC(CCc1ccccc1)C(C#CC1CCCCC1)CCc1ccccc1. The zero-order chi connectivity index (χ0) is 18.7. The maximum Gasteiger partial charge on any atom is 0.0680 e. The highest BCUT2D eigenvalue weighted by Gasteiger charge is 2.18. The molecule has 1 N–H and O–H groups in total. The molecule has 0 saturated heterocycles. The van der Waals surface area contributed by atoms with Crippen molar-refractivity contribution in [3.63, 3.8) is 0 Å².